The van der Waals surface area contributed by atoms with Crippen LogP contribution < -0.4 is 4.62 Å². The summed E-state index contributed by atoms with van der Waals surface area (Å²) < 4.78 is 16.5. The molecule has 1 unspecified atom stereocenters. The van der Waals surface area contributed by atoms with Crippen molar-refractivity contribution >= 4 is 7.60 Å². The van der Waals surface area contributed by atoms with E-state index in [1.165, 1.54) is 12.7 Å². The van der Waals surface area contributed by atoms with Crippen LogP contribution >= 0.6 is 7.60 Å². The van der Waals surface area contributed by atoms with Gasteiger partial charge in [0.25, 0.3) is 0 Å². The molecule has 1 atom stereocenters. The van der Waals surface area contributed by atoms with Crippen LogP contribution in [0.5, 0.6) is 0 Å². The maximum Gasteiger partial charge on any atom is 0.400 e. The normalized spacial score (nSPS) is 15.4. The van der Waals surface area contributed by atoms with Crippen LogP contribution in [0.3, 0.4) is 0 Å². The van der Waals surface area contributed by atoms with Gasteiger partial charge in [0.15, 0.2) is 6.33 Å². The van der Waals surface area contributed by atoms with Gasteiger partial charge in [0, 0.05) is 0 Å². The molecule has 80 valence electrons. The first kappa shape index (κ1) is 11.2. The molecule has 0 aliphatic rings. The average Bonchev–Trinajstić information content (AvgIpc) is 2.57. The van der Waals surface area contributed by atoms with Crippen LogP contribution in [0.15, 0.2) is 12.7 Å². The first-order valence-corrected chi connectivity index (χ1v) is 6.12. The smallest absolute Gasteiger partial charge is 0.314 e. The number of hydrogen-bond donors (Lipinski definition) is 1. The average molecular weight is 219 g/mol. The molecule has 1 N–H and O–H groups in total. The van der Waals surface area contributed by atoms with Gasteiger partial charge in [0.2, 0.25) is 0 Å². The first-order chi connectivity index (χ1) is 6.60. The van der Waals surface area contributed by atoms with Gasteiger partial charge in [-0.25, -0.2) is 9.55 Å². The summed E-state index contributed by atoms with van der Waals surface area (Å²) in [7, 11) is -3.63. The van der Waals surface area contributed by atoms with Crippen LogP contribution in [0.1, 0.15) is 26.7 Å². The van der Waals surface area contributed by atoms with Crippen molar-refractivity contribution in [3.05, 3.63) is 12.7 Å². The van der Waals surface area contributed by atoms with E-state index in [9.17, 15) is 9.46 Å². The lowest BCUT2D eigenvalue weighted by atomic mass is 10.3. The van der Waals surface area contributed by atoms with Crippen LogP contribution in [0.2, 0.25) is 0 Å². The molecule has 0 saturated heterocycles. The van der Waals surface area contributed by atoms with Gasteiger partial charge in [-0.3, -0.25) is 0 Å². The predicted octanol–water partition coefficient (Wildman–Crippen LogP) is 1.08. The summed E-state index contributed by atoms with van der Waals surface area (Å²) in [6.45, 7) is 3.70. The lowest BCUT2D eigenvalue weighted by molar-refractivity contribution is 0.192. The Morgan fingerprint density at radius 1 is 1.57 bits per heavy atom. The monoisotopic (exact) mass is 219 g/mol. The summed E-state index contributed by atoms with van der Waals surface area (Å²) in [5.41, 5.74) is -0.355. The highest BCUT2D eigenvalue weighted by Gasteiger charge is 2.31. The van der Waals surface area contributed by atoms with Crippen LogP contribution in [0.25, 0.3) is 0 Å². The van der Waals surface area contributed by atoms with Crippen molar-refractivity contribution in [3.63, 3.8) is 0 Å². The minimum atomic E-state index is -3.63. The fourth-order valence-corrected chi connectivity index (χ4v) is 2.56. The lowest BCUT2D eigenvalue weighted by Gasteiger charge is -2.18. The Kier molecular flexibility index (Phi) is 3.66. The largest absolute Gasteiger partial charge is 0.400 e. The standard InChI is InChI=1S/C7H14N3O3P/c1-3-7(4-2)14(11,12)13-10-6-8-5-9-10/h5-7H,3-4H2,1-2H3,(H,11,12). The van der Waals surface area contributed by atoms with E-state index in [0.29, 0.717) is 12.8 Å². The maximum atomic E-state index is 11.7. The number of nitrogens with zero attached hydrogens (tertiary/aromatic N) is 3. The van der Waals surface area contributed by atoms with E-state index in [2.05, 4.69) is 10.1 Å². The van der Waals surface area contributed by atoms with Gasteiger partial charge in [-0.1, -0.05) is 18.7 Å². The lowest BCUT2D eigenvalue weighted by Crippen LogP contribution is -2.17. The number of aromatic nitrogens is 3. The van der Waals surface area contributed by atoms with E-state index in [4.69, 9.17) is 4.62 Å². The van der Waals surface area contributed by atoms with E-state index >= 15 is 0 Å². The molecule has 1 aromatic rings. The second kappa shape index (κ2) is 4.57. The van der Waals surface area contributed by atoms with E-state index in [-0.39, 0.29) is 5.66 Å². The van der Waals surface area contributed by atoms with E-state index < -0.39 is 7.60 Å². The summed E-state index contributed by atoms with van der Waals surface area (Å²) in [5, 5.41) is 3.60. The van der Waals surface area contributed by atoms with Gasteiger partial charge >= 0.3 is 7.60 Å². The maximum absolute atomic E-state index is 11.7. The zero-order chi connectivity index (χ0) is 10.6. The van der Waals surface area contributed by atoms with Gasteiger partial charge in [-0.15, -0.1) is 5.10 Å². The molecule has 6 nitrogen and oxygen atoms in total. The van der Waals surface area contributed by atoms with Crippen molar-refractivity contribution in [2.45, 2.75) is 32.3 Å². The van der Waals surface area contributed by atoms with Crippen LogP contribution in [-0.2, 0) is 4.57 Å². The molecule has 0 bridgehead atoms. The molecule has 1 heterocycles. The molecule has 0 aromatic carbocycles. The Morgan fingerprint density at radius 2 is 2.21 bits per heavy atom. The summed E-state index contributed by atoms with van der Waals surface area (Å²) in [6.07, 6.45) is 3.68. The molecular formula is C7H14N3O3P. The van der Waals surface area contributed by atoms with E-state index in [1.807, 2.05) is 13.8 Å². The molecule has 7 heteroatoms. The van der Waals surface area contributed by atoms with Crippen LogP contribution in [0, 0.1) is 0 Å². The molecule has 0 aliphatic heterocycles. The number of rotatable bonds is 5. The molecule has 14 heavy (non-hydrogen) atoms. The minimum absolute atomic E-state index is 0.355. The molecule has 1 aromatic heterocycles. The SMILES string of the molecule is CCC(CC)P(=O)(O)On1cncn1. The minimum Gasteiger partial charge on any atom is -0.314 e. The molecule has 0 spiro atoms. The van der Waals surface area contributed by atoms with E-state index in [0.717, 1.165) is 4.85 Å². The molecule has 0 fully saturated rings. The Balaban J connectivity index is 2.70. The quantitative estimate of drug-likeness (QED) is 0.750. The molecule has 0 radical (unpaired) electrons. The Hall–Kier alpha value is -0.870. The van der Waals surface area contributed by atoms with E-state index in [1.54, 1.807) is 0 Å². The third-order valence-corrected chi connectivity index (χ3v) is 4.06. The van der Waals surface area contributed by atoms with Gasteiger partial charge in [0.1, 0.15) is 6.33 Å². The van der Waals surface area contributed by atoms with Crippen molar-refractivity contribution in [3.8, 4) is 0 Å². The second-order valence-corrected chi connectivity index (χ2v) is 4.94. The fraction of sp³-hybridized carbons (Fsp3) is 0.714. The zero-order valence-corrected chi connectivity index (χ0v) is 9.09. The number of hydrogen-bond acceptors (Lipinski definition) is 4. The highest BCUT2D eigenvalue weighted by atomic mass is 31.2. The van der Waals surface area contributed by atoms with Gasteiger partial charge in [-0.2, -0.15) is 0 Å². The van der Waals surface area contributed by atoms with Crippen molar-refractivity contribution < 1.29 is 14.1 Å². The third kappa shape index (κ3) is 2.56. The van der Waals surface area contributed by atoms with Gasteiger partial charge < -0.3 is 9.52 Å². The van der Waals surface area contributed by atoms with Crippen molar-refractivity contribution in [1.82, 2.24) is 14.9 Å². The van der Waals surface area contributed by atoms with Gasteiger partial charge in [0.05, 0.1) is 5.66 Å². The molecule has 1 rings (SSSR count). The topological polar surface area (TPSA) is 77.2 Å². The third-order valence-electron chi connectivity index (χ3n) is 2.00. The highest BCUT2D eigenvalue weighted by molar-refractivity contribution is 7.53. The van der Waals surface area contributed by atoms with Crippen LogP contribution in [-0.4, -0.2) is 25.5 Å². The summed E-state index contributed by atoms with van der Waals surface area (Å²) in [5.74, 6) is 0. The molecular weight excluding hydrogens is 205 g/mol. The van der Waals surface area contributed by atoms with Crippen molar-refractivity contribution in [1.29, 1.82) is 0 Å². The first-order valence-electron chi connectivity index (χ1n) is 4.47. The van der Waals surface area contributed by atoms with Crippen molar-refractivity contribution in [2.75, 3.05) is 0 Å². The predicted molar refractivity (Wildman–Crippen MR) is 50.8 cm³/mol. The molecule has 0 aliphatic carbocycles. The second-order valence-electron chi connectivity index (χ2n) is 2.91. The van der Waals surface area contributed by atoms with Crippen molar-refractivity contribution in [2.24, 2.45) is 0 Å². The molecule has 0 amide bonds. The molecule has 0 saturated carbocycles. The highest BCUT2D eigenvalue weighted by Crippen LogP contribution is 2.46. The Labute approximate surface area is 82.4 Å². The zero-order valence-electron chi connectivity index (χ0n) is 8.20. The fourth-order valence-electron chi connectivity index (χ4n) is 1.18. The van der Waals surface area contributed by atoms with Crippen LogP contribution in [0.4, 0.5) is 0 Å². The van der Waals surface area contributed by atoms with Gasteiger partial charge in [-0.05, 0) is 12.8 Å². The Bertz CT molecular complexity index is 310. The summed E-state index contributed by atoms with van der Waals surface area (Å²) in [6, 6.07) is 0. The summed E-state index contributed by atoms with van der Waals surface area (Å²) >= 11 is 0. The summed E-state index contributed by atoms with van der Waals surface area (Å²) in [4.78, 5) is 14.1. The Morgan fingerprint density at radius 3 is 2.64 bits per heavy atom.